The van der Waals surface area contributed by atoms with Crippen molar-refractivity contribution in [3.8, 4) is 16.9 Å². The van der Waals surface area contributed by atoms with E-state index in [2.05, 4.69) is 4.98 Å². The number of benzene rings is 2. The number of H-pyrrole nitrogens is 1. The smallest absolute Gasteiger partial charge is 0.355 e. The summed E-state index contributed by atoms with van der Waals surface area (Å²) in [6.45, 7) is 2.13. The Balaban J connectivity index is 2.02. The molecule has 1 aromatic heterocycles. The van der Waals surface area contributed by atoms with Crippen molar-refractivity contribution in [2.24, 2.45) is 0 Å². The lowest BCUT2D eigenvalue weighted by Gasteiger charge is -2.12. The molecule has 0 radical (unpaired) electrons. The van der Waals surface area contributed by atoms with Crippen LogP contribution in [0.1, 0.15) is 23.0 Å². The number of para-hydroxylation sites is 1. The van der Waals surface area contributed by atoms with Gasteiger partial charge in [0, 0.05) is 5.56 Å². The largest absolute Gasteiger partial charge is 0.488 e. The fourth-order valence-electron chi connectivity index (χ4n) is 2.73. The van der Waals surface area contributed by atoms with Crippen LogP contribution in [-0.4, -0.2) is 22.5 Å². The topological polar surface area (TPSA) is 94.5 Å². The molecule has 138 valence electrons. The van der Waals surface area contributed by atoms with Crippen molar-refractivity contribution in [1.82, 2.24) is 4.98 Å². The minimum Gasteiger partial charge on any atom is -0.488 e. The fraction of sp³-hybridized carbons (Fsp3) is 0.150. The highest BCUT2D eigenvalue weighted by molar-refractivity contribution is 5.99. The number of nitrogens with one attached hydrogen (secondary N) is 1. The second kappa shape index (κ2) is 8.18. The van der Waals surface area contributed by atoms with Gasteiger partial charge in [0.2, 0.25) is 0 Å². The summed E-state index contributed by atoms with van der Waals surface area (Å²) in [5.41, 5.74) is 1.38. The van der Waals surface area contributed by atoms with Gasteiger partial charge >= 0.3 is 5.97 Å². The number of hydrogen-bond acceptors (Lipinski definition) is 5. The summed E-state index contributed by atoms with van der Waals surface area (Å²) in [7, 11) is 0. The van der Waals surface area contributed by atoms with Crippen LogP contribution < -0.4 is 4.74 Å². The third kappa shape index (κ3) is 3.98. The van der Waals surface area contributed by atoms with Gasteiger partial charge in [-0.15, -0.1) is 0 Å². The Bertz CT molecular complexity index is 950. The molecule has 0 atom stereocenters. The lowest BCUT2D eigenvalue weighted by atomic mass is 10.0. The standard InChI is InChI=1S/C20H18N2O5/c1-2-26-20(23)19-18(16(12-21-19)22(24)25)15-10-6-7-11-17(15)27-13-14-8-4-3-5-9-14/h3-12,21H,2,13H2,1H3. The predicted molar refractivity (Wildman–Crippen MR) is 99.6 cm³/mol. The van der Waals surface area contributed by atoms with E-state index in [0.717, 1.165) is 5.56 Å². The van der Waals surface area contributed by atoms with Crippen LogP contribution in [0.2, 0.25) is 0 Å². The molecular weight excluding hydrogens is 348 g/mol. The molecule has 7 heteroatoms. The summed E-state index contributed by atoms with van der Waals surface area (Å²) in [6, 6.07) is 16.5. The maximum Gasteiger partial charge on any atom is 0.355 e. The molecule has 2 aromatic carbocycles. The highest BCUT2D eigenvalue weighted by Gasteiger charge is 2.28. The first kappa shape index (κ1) is 18.2. The molecule has 0 unspecified atom stereocenters. The van der Waals surface area contributed by atoms with E-state index in [4.69, 9.17) is 9.47 Å². The molecule has 3 aromatic rings. The van der Waals surface area contributed by atoms with Crippen molar-refractivity contribution < 1.29 is 19.2 Å². The highest BCUT2D eigenvalue weighted by Crippen LogP contribution is 2.39. The van der Waals surface area contributed by atoms with Crippen molar-refractivity contribution in [2.75, 3.05) is 6.61 Å². The molecule has 0 saturated heterocycles. The zero-order chi connectivity index (χ0) is 19.2. The third-order valence-corrected chi connectivity index (χ3v) is 3.93. The summed E-state index contributed by atoms with van der Waals surface area (Å²) in [5.74, 6) is -0.215. The molecule has 0 fully saturated rings. The summed E-state index contributed by atoms with van der Waals surface area (Å²) in [6.07, 6.45) is 1.19. The Kier molecular flexibility index (Phi) is 5.51. The summed E-state index contributed by atoms with van der Waals surface area (Å²) >= 11 is 0. The van der Waals surface area contributed by atoms with Crippen LogP contribution in [0.4, 0.5) is 5.69 Å². The number of carbonyl (C=O) groups is 1. The van der Waals surface area contributed by atoms with Gasteiger partial charge in [0.1, 0.15) is 18.1 Å². The average Bonchev–Trinajstić information content (AvgIpc) is 3.13. The molecule has 3 rings (SSSR count). The van der Waals surface area contributed by atoms with Gasteiger partial charge < -0.3 is 14.5 Å². The number of esters is 1. The first-order valence-electron chi connectivity index (χ1n) is 8.40. The van der Waals surface area contributed by atoms with Crippen LogP contribution >= 0.6 is 0 Å². The van der Waals surface area contributed by atoms with Gasteiger partial charge in [-0.2, -0.15) is 0 Å². The minimum atomic E-state index is -0.654. The highest BCUT2D eigenvalue weighted by atomic mass is 16.6. The molecule has 0 aliphatic rings. The van der Waals surface area contributed by atoms with Crippen LogP contribution in [0.3, 0.4) is 0 Å². The van der Waals surface area contributed by atoms with E-state index in [0.29, 0.717) is 17.9 Å². The zero-order valence-corrected chi connectivity index (χ0v) is 14.7. The second-order valence-electron chi connectivity index (χ2n) is 5.67. The minimum absolute atomic E-state index is 0.0271. The van der Waals surface area contributed by atoms with Crippen LogP contribution in [0.15, 0.2) is 60.8 Å². The maximum atomic E-state index is 12.2. The second-order valence-corrected chi connectivity index (χ2v) is 5.67. The van der Waals surface area contributed by atoms with Gasteiger partial charge in [-0.1, -0.05) is 48.5 Å². The van der Waals surface area contributed by atoms with Gasteiger partial charge in [-0.3, -0.25) is 10.1 Å². The first-order valence-corrected chi connectivity index (χ1v) is 8.40. The van der Waals surface area contributed by atoms with Crippen molar-refractivity contribution in [2.45, 2.75) is 13.5 Å². The number of aromatic amines is 1. The normalized spacial score (nSPS) is 10.4. The Morgan fingerprint density at radius 1 is 1.11 bits per heavy atom. The molecule has 27 heavy (non-hydrogen) atoms. The van der Waals surface area contributed by atoms with Gasteiger partial charge in [0.25, 0.3) is 5.69 Å². The number of hydrogen-bond donors (Lipinski definition) is 1. The van der Waals surface area contributed by atoms with E-state index >= 15 is 0 Å². The quantitative estimate of drug-likeness (QED) is 0.381. The Morgan fingerprint density at radius 3 is 2.52 bits per heavy atom. The number of rotatable bonds is 7. The zero-order valence-electron chi connectivity index (χ0n) is 14.7. The molecule has 0 saturated carbocycles. The lowest BCUT2D eigenvalue weighted by Crippen LogP contribution is -2.07. The monoisotopic (exact) mass is 366 g/mol. The van der Waals surface area contributed by atoms with E-state index < -0.39 is 10.9 Å². The molecule has 1 heterocycles. The van der Waals surface area contributed by atoms with Crippen LogP contribution in [-0.2, 0) is 11.3 Å². The third-order valence-electron chi connectivity index (χ3n) is 3.93. The van der Waals surface area contributed by atoms with Gasteiger partial charge in [-0.05, 0) is 18.6 Å². The SMILES string of the molecule is CCOC(=O)c1[nH]cc([N+](=O)[O-])c1-c1ccccc1OCc1ccccc1. The number of aromatic nitrogens is 1. The maximum absolute atomic E-state index is 12.2. The number of nitro groups is 1. The van der Waals surface area contributed by atoms with Gasteiger partial charge in [0.15, 0.2) is 0 Å². The molecule has 0 amide bonds. The number of nitrogens with zero attached hydrogens (tertiary/aromatic N) is 1. The van der Waals surface area contributed by atoms with Crippen LogP contribution in [0, 0.1) is 10.1 Å². The number of carbonyl (C=O) groups excluding carboxylic acids is 1. The van der Waals surface area contributed by atoms with Gasteiger partial charge in [0.05, 0.1) is 23.3 Å². The van der Waals surface area contributed by atoms with E-state index in [-0.39, 0.29) is 23.6 Å². The fourth-order valence-corrected chi connectivity index (χ4v) is 2.73. The summed E-state index contributed by atoms with van der Waals surface area (Å²) in [4.78, 5) is 25.8. The molecule has 1 N–H and O–H groups in total. The first-order chi connectivity index (χ1) is 13.1. The Labute approximate surface area is 155 Å². The average molecular weight is 366 g/mol. The van der Waals surface area contributed by atoms with Crippen LogP contribution in [0.5, 0.6) is 5.75 Å². The molecule has 0 aliphatic heterocycles. The van der Waals surface area contributed by atoms with Crippen LogP contribution in [0.25, 0.3) is 11.1 Å². The van der Waals surface area contributed by atoms with Crippen molar-refractivity contribution in [1.29, 1.82) is 0 Å². The molecule has 0 aliphatic carbocycles. The van der Waals surface area contributed by atoms with E-state index in [9.17, 15) is 14.9 Å². The van der Waals surface area contributed by atoms with Crippen molar-refractivity contribution in [3.63, 3.8) is 0 Å². The predicted octanol–water partition coefficient (Wildman–Crippen LogP) is 4.35. The van der Waals surface area contributed by atoms with E-state index in [1.165, 1.54) is 6.20 Å². The van der Waals surface area contributed by atoms with Crippen molar-refractivity contribution in [3.05, 3.63) is 82.2 Å². The van der Waals surface area contributed by atoms with E-state index in [1.54, 1.807) is 31.2 Å². The van der Waals surface area contributed by atoms with E-state index in [1.807, 2.05) is 30.3 Å². The molecule has 0 bridgehead atoms. The lowest BCUT2D eigenvalue weighted by molar-refractivity contribution is -0.384. The molecule has 0 spiro atoms. The summed E-state index contributed by atoms with van der Waals surface area (Å²) < 4.78 is 10.9. The van der Waals surface area contributed by atoms with Crippen molar-refractivity contribution >= 4 is 11.7 Å². The van der Waals surface area contributed by atoms with Gasteiger partial charge in [-0.25, -0.2) is 4.79 Å². The summed E-state index contributed by atoms with van der Waals surface area (Å²) in [5, 5.41) is 11.5. The molecular formula is C20H18N2O5. The molecule has 7 nitrogen and oxygen atoms in total. The Morgan fingerprint density at radius 2 is 1.81 bits per heavy atom. The number of ether oxygens (including phenoxy) is 2. The Hall–Kier alpha value is -3.61.